The van der Waals surface area contributed by atoms with Crippen LogP contribution in [0, 0.1) is 10.1 Å². The Hall–Kier alpha value is -2.22. The smallest absolute Gasteiger partial charge is 0.329 e. The minimum absolute atomic E-state index is 0.0126. The number of nitro groups is 1. The Morgan fingerprint density at radius 1 is 1.56 bits per heavy atom. The molecule has 2 heterocycles. The standard InChI is InChI=1S/C10H11N5O2S/c11-10-13-5-8(15(16)17)9(14-10)12-3-1-7-2-4-18-6-7/h2,4-6H,1,3H2,(H3,11,12,13,14). The molecule has 94 valence electrons. The molecule has 0 aromatic carbocycles. The zero-order valence-corrected chi connectivity index (χ0v) is 10.2. The molecule has 0 saturated carbocycles. The zero-order valence-electron chi connectivity index (χ0n) is 9.37. The van der Waals surface area contributed by atoms with Gasteiger partial charge in [0.05, 0.1) is 4.92 Å². The van der Waals surface area contributed by atoms with Gasteiger partial charge in [-0.15, -0.1) is 0 Å². The number of rotatable bonds is 5. The van der Waals surface area contributed by atoms with Gasteiger partial charge in [-0.05, 0) is 28.8 Å². The number of hydrogen-bond acceptors (Lipinski definition) is 7. The lowest BCUT2D eigenvalue weighted by atomic mass is 10.2. The van der Waals surface area contributed by atoms with Crippen LogP contribution in [0.25, 0.3) is 0 Å². The van der Waals surface area contributed by atoms with Gasteiger partial charge in [-0.2, -0.15) is 16.3 Å². The molecule has 2 aromatic rings. The lowest BCUT2D eigenvalue weighted by Crippen LogP contribution is -2.10. The molecule has 0 unspecified atom stereocenters. The molecular formula is C10H11N5O2S. The SMILES string of the molecule is Nc1ncc([N+](=O)[O-])c(NCCc2ccsc2)n1. The third-order valence-electron chi connectivity index (χ3n) is 2.27. The monoisotopic (exact) mass is 265 g/mol. The van der Waals surface area contributed by atoms with E-state index in [1.165, 1.54) is 5.56 Å². The van der Waals surface area contributed by atoms with Crippen LogP contribution in [-0.2, 0) is 6.42 Å². The van der Waals surface area contributed by atoms with Gasteiger partial charge < -0.3 is 11.1 Å². The quantitative estimate of drug-likeness (QED) is 0.629. The van der Waals surface area contributed by atoms with E-state index in [2.05, 4.69) is 15.3 Å². The van der Waals surface area contributed by atoms with E-state index in [1.807, 2.05) is 16.8 Å². The van der Waals surface area contributed by atoms with Crippen LogP contribution in [0.1, 0.15) is 5.56 Å². The molecule has 0 spiro atoms. The Labute approximate surface area is 107 Å². The van der Waals surface area contributed by atoms with E-state index in [0.717, 1.165) is 12.6 Å². The average Bonchev–Trinajstić information content (AvgIpc) is 2.82. The molecule has 0 bridgehead atoms. The maximum absolute atomic E-state index is 10.8. The number of aromatic nitrogens is 2. The second kappa shape index (κ2) is 5.41. The molecule has 0 radical (unpaired) electrons. The lowest BCUT2D eigenvalue weighted by Gasteiger charge is -2.05. The summed E-state index contributed by atoms with van der Waals surface area (Å²) in [4.78, 5) is 17.7. The van der Waals surface area contributed by atoms with Gasteiger partial charge in [-0.25, -0.2) is 4.98 Å². The fourth-order valence-electron chi connectivity index (χ4n) is 1.41. The van der Waals surface area contributed by atoms with Crippen LogP contribution in [0.3, 0.4) is 0 Å². The Kier molecular flexibility index (Phi) is 3.68. The van der Waals surface area contributed by atoms with Crippen molar-refractivity contribution in [3.05, 3.63) is 38.7 Å². The van der Waals surface area contributed by atoms with Crippen molar-refractivity contribution in [2.24, 2.45) is 0 Å². The number of nitrogens with zero attached hydrogens (tertiary/aromatic N) is 3. The van der Waals surface area contributed by atoms with Crippen LogP contribution >= 0.6 is 11.3 Å². The Bertz CT molecular complexity index is 543. The predicted octanol–water partition coefficient (Wildman–Crippen LogP) is 1.68. The van der Waals surface area contributed by atoms with Gasteiger partial charge in [0.25, 0.3) is 0 Å². The van der Waals surface area contributed by atoms with Gasteiger partial charge >= 0.3 is 5.69 Å². The number of nitrogens with two attached hydrogens (primary N) is 1. The topological polar surface area (TPSA) is 107 Å². The Balaban J connectivity index is 2.03. The van der Waals surface area contributed by atoms with E-state index in [0.29, 0.717) is 6.54 Å². The first-order valence-corrected chi connectivity index (χ1v) is 6.13. The van der Waals surface area contributed by atoms with Crippen molar-refractivity contribution < 1.29 is 4.92 Å². The molecular weight excluding hydrogens is 254 g/mol. The number of thiophene rings is 1. The highest BCUT2D eigenvalue weighted by molar-refractivity contribution is 7.07. The van der Waals surface area contributed by atoms with E-state index in [9.17, 15) is 10.1 Å². The van der Waals surface area contributed by atoms with E-state index in [1.54, 1.807) is 11.3 Å². The third-order valence-corrected chi connectivity index (χ3v) is 3.00. The first-order chi connectivity index (χ1) is 8.66. The van der Waals surface area contributed by atoms with E-state index in [-0.39, 0.29) is 17.5 Å². The molecule has 0 aliphatic rings. The van der Waals surface area contributed by atoms with Crippen molar-refractivity contribution in [3.8, 4) is 0 Å². The maximum atomic E-state index is 10.8. The second-order valence-electron chi connectivity index (χ2n) is 3.53. The summed E-state index contributed by atoms with van der Waals surface area (Å²) in [7, 11) is 0. The molecule has 18 heavy (non-hydrogen) atoms. The van der Waals surface area contributed by atoms with Crippen LogP contribution in [0.4, 0.5) is 17.5 Å². The van der Waals surface area contributed by atoms with Crippen molar-refractivity contribution in [3.63, 3.8) is 0 Å². The zero-order chi connectivity index (χ0) is 13.0. The van der Waals surface area contributed by atoms with E-state index < -0.39 is 4.92 Å². The third kappa shape index (κ3) is 2.92. The summed E-state index contributed by atoms with van der Waals surface area (Å²) < 4.78 is 0. The summed E-state index contributed by atoms with van der Waals surface area (Å²) in [5, 5.41) is 17.7. The summed E-state index contributed by atoms with van der Waals surface area (Å²) in [6.07, 6.45) is 1.87. The van der Waals surface area contributed by atoms with Crippen LogP contribution < -0.4 is 11.1 Å². The van der Waals surface area contributed by atoms with E-state index in [4.69, 9.17) is 5.73 Å². The summed E-state index contributed by atoms with van der Waals surface area (Å²) in [6, 6.07) is 2.01. The van der Waals surface area contributed by atoms with Crippen molar-refractivity contribution in [2.75, 3.05) is 17.6 Å². The molecule has 2 aromatic heterocycles. The Morgan fingerprint density at radius 2 is 2.39 bits per heavy atom. The summed E-state index contributed by atoms with van der Waals surface area (Å²) in [5.41, 5.74) is 6.42. The van der Waals surface area contributed by atoms with Gasteiger partial charge in [-0.3, -0.25) is 10.1 Å². The van der Waals surface area contributed by atoms with Crippen molar-refractivity contribution >= 4 is 28.8 Å². The lowest BCUT2D eigenvalue weighted by molar-refractivity contribution is -0.384. The van der Waals surface area contributed by atoms with Crippen molar-refractivity contribution in [1.82, 2.24) is 9.97 Å². The minimum atomic E-state index is -0.535. The van der Waals surface area contributed by atoms with E-state index >= 15 is 0 Å². The fourth-order valence-corrected chi connectivity index (χ4v) is 2.12. The summed E-state index contributed by atoms with van der Waals surface area (Å²) in [5.74, 6) is 0.168. The van der Waals surface area contributed by atoms with Crippen LogP contribution in [-0.4, -0.2) is 21.4 Å². The molecule has 8 heteroatoms. The number of anilines is 2. The van der Waals surface area contributed by atoms with Crippen LogP contribution in [0.5, 0.6) is 0 Å². The molecule has 0 aliphatic heterocycles. The fraction of sp³-hybridized carbons (Fsp3) is 0.200. The molecule has 7 nitrogen and oxygen atoms in total. The molecule has 0 atom stereocenters. The number of nitrogens with one attached hydrogen (secondary N) is 1. The summed E-state index contributed by atoms with van der Waals surface area (Å²) >= 11 is 1.61. The molecule has 0 fully saturated rings. The van der Waals surface area contributed by atoms with Gasteiger partial charge in [0.1, 0.15) is 6.20 Å². The van der Waals surface area contributed by atoms with Gasteiger partial charge in [0, 0.05) is 6.54 Å². The maximum Gasteiger partial charge on any atom is 0.329 e. The Morgan fingerprint density at radius 3 is 3.06 bits per heavy atom. The van der Waals surface area contributed by atoms with Crippen molar-refractivity contribution in [1.29, 1.82) is 0 Å². The van der Waals surface area contributed by atoms with Crippen molar-refractivity contribution in [2.45, 2.75) is 6.42 Å². The number of hydrogen-bond donors (Lipinski definition) is 2. The molecule has 2 rings (SSSR count). The van der Waals surface area contributed by atoms with Gasteiger partial charge in [0.2, 0.25) is 11.8 Å². The predicted molar refractivity (Wildman–Crippen MR) is 69.6 cm³/mol. The highest BCUT2D eigenvalue weighted by atomic mass is 32.1. The average molecular weight is 265 g/mol. The molecule has 0 saturated heterocycles. The van der Waals surface area contributed by atoms with Crippen LogP contribution in [0.2, 0.25) is 0 Å². The minimum Gasteiger partial charge on any atom is -0.368 e. The molecule has 0 aliphatic carbocycles. The summed E-state index contributed by atoms with van der Waals surface area (Å²) in [6.45, 7) is 0.550. The van der Waals surface area contributed by atoms with Gasteiger partial charge in [-0.1, -0.05) is 0 Å². The largest absolute Gasteiger partial charge is 0.368 e. The highest BCUT2D eigenvalue weighted by Crippen LogP contribution is 2.21. The first kappa shape index (κ1) is 12.2. The molecule has 3 N–H and O–H groups in total. The van der Waals surface area contributed by atoms with Gasteiger partial charge in [0.15, 0.2) is 0 Å². The highest BCUT2D eigenvalue weighted by Gasteiger charge is 2.15. The molecule has 0 amide bonds. The first-order valence-electron chi connectivity index (χ1n) is 5.18. The normalized spacial score (nSPS) is 10.2. The second-order valence-corrected chi connectivity index (χ2v) is 4.31. The van der Waals surface area contributed by atoms with Crippen LogP contribution in [0.15, 0.2) is 23.0 Å². The number of nitrogen functional groups attached to an aromatic ring is 1.